The van der Waals surface area contributed by atoms with E-state index < -0.39 is 5.60 Å². The first-order chi connectivity index (χ1) is 7.98. The van der Waals surface area contributed by atoms with Gasteiger partial charge in [-0.1, -0.05) is 19.1 Å². The Morgan fingerprint density at radius 1 is 1.35 bits per heavy atom. The van der Waals surface area contributed by atoms with Crippen molar-refractivity contribution in [1.82, 2.24) is 5.32 Å². The summed E-state index contributed by atoms with van der Waals surface area (Å²) in [5.41, 5.74) is 0.554. The molecule has 0 radical (unpaired) electrons. The van der Waals surface area contributed by atoms with Crippen LogP contribution in [0.3, 0.4) is 0 Å². The topological polar surface area (TPSA) is 41.5 Å². The van der Waals surface area contributed by atoms with Gasteiger partial charge in [0.25, 0.3) is 0 Å². The van der Waals surface area contributed by atoms with Crippen LogP contribution in [0.4, 0.5) is 0 Å². The van der Waals surface area contributed by atoms with Crippen molar-refractivity contribution in [3.05, 3.63) is 29.8 Å². The molecule has 0 saturated heterocycles. The van der Waals surface area contributed by atoms with Crippen molar-refractivity contribution in [1.29, 1.82) is 0 Å². The quantitative estimate of drug-likeness (QED) is 0.798. The maximum Gasteiger partial charge on any atom is 0.118 e. The predicted octanol–water partition coefficient (Wildman–Crippen LogP) is 2.51. The summed E-state index contributed by atoms with van der Waals surface area (Å²) in [7, 11) is 1.66. The molecule has 0 aromatic heterocycles. The summed E-state index contributed by atoms with van der Waals surface area (Å²) in [5.74, 6) is 0.863. The average Bonchev–Trinajstić information content (AvgIpc) is 2.36. The van der Waals surface area contributed by atoms with Gasteiger partial charge in [-0.3, -0.25) is 0 Å². The number of aliphatic hydroxyl groups is 1. The SMILES string of the molecule is CCC(C)(O)CNC(C)c1ccc(OC)cc1. The second-order valence-corrected chi connectivity index (χ2v) is 4.73. The largest absolute Gasteiger partial charge is 0.497 e. The molecule has 0 fully saturated rings. The molecule has 2 N–H and O–H groups in total. The Morgan fingerprint density at radius 3 is 2.41 bits per heavy atom. The van der Waals surface area contributed by atoms with Gasteiger partial charge in [-0.05, 0) is 38.0 Å². The molecule has 0 aliphatic heterocycles. The molecule has 1 rings (SSSR count). The lowest BCUT2D eigenvalue weighted by atomic mass is 10.0. The molecule has 0 aliphatic carbocycles. The monoisotopic (exact) mass is 237 g/mol. The predicted molar refractivity (Wildman–Crippen MR) is 70.3 cm³/mol. The number of methoxy groups -OCH3 is 1. The molecule has 0 bridgehead atoms. The molecule has 3 nitrogen and oxygen atoms in total. The smallest absolute Gasteiger partial charge is 0.118 e. The van der Waals surface area contributed by atoms with Crippen LogP contribution in [0, 0.1) is 0 Å². The lowest BCUT2D eigenvalue weighted by Crippen LogP contribution is -2.38. The molecule has 0 aliphatic rings. The van der Waals surface area contributed by atoms with Gasteiger partial charge in [-0.15, -0.1) is 0 Å². The van der Waals surface area contributed by atoms with E-state index in [9.17, 15) is 5.11 Å². The average molecular weight is 237 g/mol. The van der Waals surface area contributed by atoms with Crippen molar-refractivity contribution in [2.75, 3.05) is 13.7 Å². The van der Waals surface area contributed by atoms with Gasteiger partial charge in [-0.25, -0.2) is 0 Å². The first kappa shape index (κ1) is 14.0. The first-order valence-corrected chi connectivity index (χ1v) is 6.08. The molecule has 1 aromatic rings. The maximum atomic E-state index is 9.92. The molecule has 17 heavy (non-hydrogen) atoms. The van der Waals surface area contributed by atoms with E-state index in [2.05, 4.69) is 12.2 Å². The lowest BCUT2D eigenvalue weighted by molar-refractivity contribution is 0.0533. The zero-order valence-electron chi connectivity index (χ0n) is 11.2. The molecule has 2 unspecified atom stereocenters. The third-order valence-electron chi connectivity index (χ3n) is 3.17. The minimum absolute atomic E-state index is 0.221. The van der Waals surface area contributed by atoms with E-state index in [1.165, 1.54) is 5.56 Å². The molecule has 96 valence electrons. The van der Waals surface area contributed by atoms with E-state index in [0.29, 0.717) is 6.54 Å². The Bertz CT molecular complexity index is 333. The summed E-state index contributed by atoms with van der Waals surface area (Å²) in [6.45, 7) is 6.52. The van der Waals surface area contributed by atoms with E-state index in [1.807, 2.05) is 38.1 Å². The maximum absolute atomic E-state index is 9.92. The first-order valence-electron chi connectivity index (χ1n) is 6.08. The minimum atomic E-state index is -0.638. The van der Waals surface area contributed by atoms with Crippen molar-refractivity contribution in [2.45, 2.75) is 38.8 Å². The van der Waals surface area contributed by atoms with Gasteiger partial charge < -0.3 is 15.2 Å². The summed E-state index contributed by atoms with van der Waals surface area (Å²) in [6, 6.07) is 8.20. The molecule has 3 heteroatoms. The van der Waals surface area contributed by atoms with Crippen LogP contribution in [-0.2, 0) is 0 Å². The van der Waals surface area contributed by atoms with Crippen molar-refractivity contribution >= 4 is 0 Å². The summed E-state index contributed by atoms with van der Waals surface area (Å²) < 4.78 is 5.12. The fourth-order valence-electron chi connectivity index (χ4n) is 1.51. The van der Waals surface area contributed by atoms with Gasteiger partial charge in [-0.2, -0.15) is 0 Å². The summed E-state index contributed by atoms with van der Waals surface area (Å²) in [4.78, 5) is 0. The molecule has 0 saturated carbocycles. The fourth-order valence-corrected chi connectivity index (χ4v) is 1.51. The van der Waals surface area contributed by atoms with E-state index in [-0.39, 0.29) is 6.04 Å². The van der Waals surface area contributed by atoms with Gasteiger partial charge in [0.15, 0.2) is 0 Å². The third kappa shape index (κ3) is 4.36. The number of ether oxygens (including phenoxy) is 1. The highest BCUT2D eigenvalue weighted by atomic mass is 16.5. The molecule has 0 heterocycles. The van der Waals surface area contributed by atoms with Crippen LogP contribution in [0.25, 0.3) is 0 Å². The van der Waals surface area contributed by atoms with Crippen LogP contribution in [0.15, 0.2) is 24.3 Å². The Morgan fingerprint density at radius 2 is 1.94 bits per heavy atom. The molecular formula is C14H23NO2. The molecule has 0 spiro atoms. The Balaban J connectivity index is 2.54. The van der Waals surface area contributed by atoms with E-state index in [4.69, 9.17) is 4.74 Å². The van der Waals surface area contributed by atoms with Crippen LogP contribution in [0.5, 0.6) is 5.75 Å². The van der Waals surface area contributed by atoms with E-state index >= 15 is 0 Å². The molecule has 1 aromatic carbocycles. The lowest BCUT2D eigenvalue weighted by Gasteiger charge is -2.24. The third-order valence-corrected chi connectivity index (χ3v) is 3.17. The van der Waals surface area contributed by atoms with Gasteiger partial charge in [0, 0.05) is 12.6 Å². The van der Waals surface area contributed by atoms with Crippen LogP contribution in [0.2, 0.25) is 0 Å². The Labute approximate surface area is 104 Å². The molecule has 0 amide bonds. The number of rotatable bonds is 6. The van der Waals surface area contributed by atoms with E-state index in [1.54, 1.807) is 7.11 Å². The highest BCUT2D eigenvalue weighted by Gasteiger charge is 2.18. The minimum Gasteiger partial charge on any atom is -0.497 e. The van der Waals surface area contributed by atoms with Crippen molar-refractivity contribution in [2.24, 2.45) is 0 Å². The van der Waals surface area contributed by atoms with Crippen molar-refractivity contribution in [3.8, 4) is 5.75 Å². The summed E-state index contributed by atoms with van der Waals surface area (Å²) in [6.07, 6.45) is 0.745. The van der Waals surface area contributed by atoms with Crippen LogP contribution >= 0.6 is 0 Å². The van der Waals surface area contributed by atoms with Gasteiger partial charge in [0.05, 0.1) is 12.7 Å². The zero-order valence-corrected chi connectivity index (χ0v) is 11.2. The molecule has 2 atom stereocenters. The molecular weight excluding hydrogens is 214 g/mol. The van der Waals surface area contributed by atoms with E-state index in [0.717, 1.165) is 12.2 Å². The van der Waals surface area contributed by atoms with Gasteiger partial charge in [0.1, 0.15) is 5.75 Å². The highest BCUT2D eigenvalue weighted by Crippen LogP contribution is 2.18. The normalized spacial score (nSPS) is 16.3. The van der Waals surface area contributed by atoms with Crippen LogP contribution < -0.4 is 10.1 Å². The Hall–Kier alpha value is -1.06. The highest BCUT2D eigenvalue weighted by molar-refractivity contribution is 5.28. The summed E-state index contributed by atoms with van der Waals surface area (Å²) in [5, 5.41) is 13.3. The van der Waals surface area contributed by atoms with Crippen LogP contribution in [0.1, 0.15) is 38.8 Å². The fraction of sp³-hybridized carbons (Fsp3) is 0.571. The summed E-state index contributed by atoms with van der Waals surface area (Å²) >= 11 is 0. The van der Waals surface area contributed by atoms with Crippen LogP contribution in [-0.4, -0.2) is 24.4 Å². The zero-order chi connectivity index (χ0) is 12.9. The second kappa shape index (κ2) is 6.03. The second-order valence-electron chi connectivity index (χ2n) is 4.73. The number of nitrogens with one attached hydrogen (secondary N) is 1. The number of hydrogen-bond acceptors (Lipinski definition) is 3. The standard InChI is InChI=1S/C14H23NO2/c1-5-14(3,16)10-15-11(2)12-6-8-13(17-4)9-7-12/h6-9,11,15-16H,5,10H2,1-4H3. The van der Waals surface area contributed by atoms with Crippen molar-refractivity contribution in [3.63, 3.8) is 0 Å². The number of benzene rings is 1. The number of hydrogen-bond donors (Lipinski definition) is 2. The van der Waals surface area contributed by atoms with Gasteiger partial charge in [0.2, 0.25) is 0 Å². The van der Waals surface area contributed by atoms with Crippen molar-refractivity contribution < 1.29 is 9.84 Å². The Kier molecular flexibility index (Phi) is 4.97. The van der Waals surface area contributed by atoms with Gasteiger partial charge >= 0.3 is 0 Å².